The quantitative estimate of drug-likeness (QED) is 0.828. The first kappa shape index (κ1) is 17.3. The lowest BCUT2D eigenvalue weighted by molar-refractivity contribution is -0.141. The molecule has 2 atom stereocenters. The van der Waals surface area contributed by atoms with Gasteiger partial charge >= 0.3 is 0 Å². The van der Waals surface area contributed by atoms with Gasteiger partial charge in [-0.25, -0.2) is 0 Å². The Labute approximate surface area is 137 Å². The molecule has 1 aliphatic rings. The van der Waals surface area contributed by atoms with Gasteiger partial charge in [-0.3, -0.25) is 9.59 Å². The summed E-state index contributed by atoms with van der Waals surface area (Å²) in [5, 5.41) is 0. The Hall–Kier alpha value is -2.08. The number of amides is 2. The van der Waals surface area contributed by atoms with E-state index in [1.54, 1.807) is 23.0 Å². The summed E-state index contributed by atoms with van der Waals surface area (Å²) in [5.74, 6) is 0.326. The lowest BCUT2D eigenvalue weighted by atomic mass is 10.1. The van der Waals surface area contributed by atoms with Crippen LogP contribution in [0, 0.1) is 0 Å². The predicted octanol–water partition coefficient (Wildman–Crippen LogP) is 1.68. The van der Waals surface area contributed by atoms with Crippen LogP contribution >= 0.6 is 0 Å². The number of benzene rings is 1. The summed E-state index contributed by atoms with van der Waals surface area (Å²) in [7, 11) is 1.61. The summed E-state index contributed by atoms with van der Waals surface area (Å²) in [6, 6.07) is 7.22. The molecule has 0 N–H and O–H groups in total. The Kier molecular flexibility index (Phi) is 5.60. The molecule has 0 fully saturated rings. The van der Waals surface area contributed by atoms with E-state index in [2.05, 4.69) is 0 Å². The molecule has 23 heavy (non-hydrogen) atoms. The van der Waals surface area contributed by atoms with E-state index in [0.717, 1.165) is 0 Å². The summed E-state index contributed by atoms with van der Waals surface area (Å²) in [4.78, 5) is 28.1. The maximum atomic E-state index is 12.8. The molecule has 0 bridgehead atoms. The molecule has 6 nitrogen and oxygen atoms in total. The Morgan fingerprint density at radius 3 is 2.74 bits per heavy atom. The Morgan fingerprint density at radius 1 is 1.43 bits per heavy atom. The molecule has 126 valence electrons. The van der Waals surface area contributed by atoms with E-state index >= 15 is 0 Å². The smallest absolute Gasteiger partial charge is 0.265 e. The normalized spacial score (nSPS) is 17.9. The average molecular weight is 320 g/mol. The second-order valence-electron chi connectivity index (χ2n) is 5.63. The molecule has 2 rings (SSSR count). The molecule has 1 aliphatic heterocycles. The molecule has 0 aromatic heterocycles. The second kappa shape index (κ2) is 7.46. The maximum Gasteiger partial charge on any atom is 0.265 e. The molecule has 0 radical (unpaired) electrons. The van der Waals surface area contributed by atoms with Crippen molar-refractivity contribution in [3.8, 4) is 5.75 Å². The number of nitrogens with zero attached hydrogens (tertiary/aromatic N) is 2. The fourth-order valence-corrected chi connectivity index (χ4v) is 2.86. The number of carbonyl (C=O) groups excluding carboxylic acids is 2. The van der Waals surface area contributed by atoms with Crippen molar-refractivity contribution >= 4 is 17.5 Å². The van der Waals surface area contributed by atoms with Crippen LogP contribution in [0.15, 0.2) is 24.3 Å². The van der Waals surface area contributed by atoms with Crippen LogP contribution in [-0.2, 0) is 14.3 Å². The number of carbonyl (C=O) groups is 2. The first-order valence-electron chi connectivity index (χ1n) is 7.82. The molecule has 2 unspecified atom stereocenters. The molecule has 6 heteroatoms. The molecule has 0 saturated carbocycles. The standard InChI is InChI=1S/C17H24N2O4/c1-5-18(12(2)11-22-4)17(21)16-10-19(13(3)20)14-8-6-7-9-15(14)23-16/h6-9,12,16H,5,10-11H2,1-4H3. The van der Waals surface area contributed by atoms with Crippen molar-refractivity contribution in [2.45, 2.75) is 32.9 Å². The highest BCUT2D eigenvalue weighted by atomic mass is 16.5. The number of hydrogen-bond acceptors (Lipinski definition) is 4. The van der Waals surface area contributed by atoms with Gasteiger partial charge in [-0.2, -0.15) is 0 Å². The van der Waals surface area contributed by atoms with Crippen molar-refractivity contribution in [1.82, 2.24) is 4.90 Å². The fourth-order valence-electron chi connectivity index (χ4n) is 2.86. The lowest BCUT2D eigenvalue weighted by Gasteiger charge is -2.37. The monoisotopic (exact) mass is 320 g/mol. The van der Waals surface area contributed by atoms with E-state index in [1.165, 1.54) is 6.92 Å². The van der Waals surface area contributed by atoms with Crippen LogP contribution in [0.2, 0.25) is 0 Å². The molecule has 0 saturated heterocycles. The summed E-state index contributed by atoms with van der Waals surface area (Å²) in [6.45, 7) is 6.59. The molecular formula is C17H24N2O4. The van der Waals surface area contributed by atoms with Crippen molar-refractivity contribution in [1.29, 1.82) is 0 Å². The van der Waals surface area contributed by atoms with Crippen LogP contribution in [0.5, 0.6) is 5.75 Å². The minimum Gasteiger partial charge on any atom is -0.476 e. The summed E-state index contributed by atoms with van der Waals surface area (Å²) >= 11 is 0. The summed E-state index contributed by atoms with van der Waals surface area (Å²) < 4.78 is 11.0. The van der Waals surface area contributed by atoms with Gasteiger partial charge in [0.15, 0.2) is 6.10 Å². The van der Waals surface area contributed by atoms with E-state index in [1.807, 2.05) is 32.0 Å². The number of rotatable bonds is 5. The van der Waals surface area contributed by atoms with Gasteiger partial charge in [0.2, 0.25) is 5.91 Å². The highest BCUT2D eigenvalue weighted by Crippen LogP contribution is 2.33. The number of hydrogen-bond donors (Lipinski definition) is 0. The van der Waals surface area contributed by atoms with Gasteiger partial charge in [-0.1, -0.05) is 12.1 Å². The SMILES string of the molecule is CCN(C(=O)C1CN(C(C)=O)c2ccccc2O1)C(C)COC. The third kappa shape index (κ3) is 3.64. The number of para-hydroxylation sites is 2. The molecule has 0 spiro atoms. The van der Waals surface area contributed by atoms with Crippen LogP contribution in [0.3, 0.4) is 0 Å². The van der Waals surface area contributed by atoms with E-state index in [-0.39, 0.29) is 24.4 Å². The highest BCUT2D eigenvalue weighted by Gasteiger charge is 2.35. The van der Waals surface area contributed by atoms with Crippen molar-refractivity contribution in [3.05, 3.63) is 24.3 Å². The molecule has 0 aliphatic carbocycles. The Balaban J connectivity index is 2.24. The minimum atomic E-state index is -0.701. The molecule has 2 amide bonds. The zero-order chi connectivity index (χ0) is 17.0. The van der Waals surface area contributed by atoms with Gasteiger partial charge in [0.25, 0.3) is 5.91 Å². The molecule has 1 aromatic rings. The first-order chi connectivity index (χ1) is 11.0. The topological polar surface area (TPSA) is 59.1 Å². The highest BCUT2D eigenvalue weighted by molar-refractivity contribution is 5.95. The van der Waals surface area contributed by atoms with E-state index in [9.17, 15) is 9.59 Å². The van der Waals surface area contributed by atoms with Crippen LogP contribution in [-0.4, -0.2) is 55.7 Å². The third-order valence-corrected chi connectivity index (χ3v) is 3.99. The van der Waals surface area contributed by atoms with Crippen molar-refractivity contribution in [2.24, 2.45) is 0 Å². The number of fused-ring (bicyclic) bond motifs is 1. The number of likely N-dealkylation sites (N-methyl/N-ethyl adjacent to an activating group) is 1. The third-order valence-electron chi connectivity index (χ3n) is 3.99. The molecular weight excluding hydrogens is 296 g/mol. The van der Waals surface area contributed by atoms with Gasteiger partial charge < -0.3 is 19.3 Å². The Morgan fingerprint density at radius 2 is 2.13 bits per heavy atom. The Bertz CT molecular complexity index is 575. The largest absolute Gasteiger partial charge is 0.476 e. The van der Waals surface area contributed by atoms with E-state index < -0.39 is 6.10 Å². The summed E-state index contributed by atoms with van der Waals surface area (Å²) in [5.41, 5.74) is 0.706. The number of ether oxygens (including phenoxy) is 2. The van der Waals surface area contributed by atoms with E-state index in [0.29, 0.717) is 24.6 Å². The zero-order valence-electron chi connectivity index (χ0n) is 14.1. The van der Waals surface area contributed by atoms with Gasteiger partial charge in [0, 0.05) is 20.6 Å². The van der Waals surface area contributed by atoms with Crippen molar-refractivity contribution in [2.75, 3.05) is 31.7 Å². The predicted molar refractivity (Wildman–Crippen MR) is 87.6 cm³/mol. The molecule has 1 aromatic carbocycles. The van der Waals surface area contributed by atoms with E-state index in [4.69, 9.17) is 9.47 Å². The fraction of sp³-hybridized carbons (Fsp3) is 0.529. The van der Waals surface area contributed by atoms with Gasteiger partial charge in [0.05, 0.1) is 24.9 Å². The zero-order valence-corrected chi connectivity index (χ0v) is 14.1. The lowest BCUT2D eigenvalue weighted by Crippen LogP contribution is -2.54. The average Bonchev–Trinajstić information content (AvgIpc) is 2.54. The van der Waals surface area contributed by atoms with Crippen LogP contribution < -0.4 is 9.64 Å². The first-order valence-corrected chi connectivity index (χ1v) is 7.82. The number of methoxy groups -OCH3 is 1. The van der Waals surface area contributed by atoms with Crippen LogP contribution in [0.1, 0.15) is 20.8 Å². The van der Waals surface area contributed by atoms with Crippen LogP contribution in [0.4, 0.5) is 5.69 Å². The van der Waals surface area contributed by atoms with Crippen LogP contribution in [0.25, 0.3) is 0 Å². The van der Waals surface area contributed by atoms with Gasteiger partial charge in [0.1, 0.15) is 5.75 Å². The summed E-state index contributed by atoms with van der Waals surface area (Å²) in [6.07, 6.45) is -0.701. The second-order valence-corrected chi connectivity index (χ2v) is 5.63. The maximum absolute atomic E-state index is 12.8. The van der Waals surface area contributed by atoms with Crippen molar-refractivity contribution < 1.29 is 19.1 Å². The van der Waals surface area contributed by atoms with Gasteiger partial charge in [-0.05, 0) is 26.0 Å². The van der Waals surface area contributed by atoms with Crippen molar-refractivity contribution in [3.63, 3.8) is 0 Å². The number of anilines is 1. The molecule has 1 heterocycles. The van der Waals surface area contributed by atoms with Gasteiger partial charge in [-0.15, -0.1) is 0 Å². The minimum absolute atomic E-state index is 0.0518.